The molecule has 1 heterocycles. The van der Waals surface area contributed by atoms with E-state index >= 15 is 0 Å². The molecule has 1 aromatic heterocycles. The van der Waals surface area contributed by atoms with Crippen molar-refractivity contribution in [2.24, 2.45) is 5.41 Å². The third-order valence-corrected chi connectivity index (χ3v) is 3.61. The Morgan fingerprint density at radius 3 is 2.72 bits per heavy atom. The number of H-pyrrole nitrogens is 1. The van der Waals surface area contributed by atoms with Crippen molar-refractivity contribution in [2.75, 3.05) is 6.54 Å². The van der Waals surface area contributed by atoms with Crippen LogP contribution in [-0.4, -0.2) is 27.6 Å². The molecule has 0 atom stereocenters. The molecule has 0 unspecified atom stereocenters. The molecule has 1 aliphatic carbocycles. The van der Waals surface area contributed by atoms with Gasteiger partial charge in [0, 0.05) is 12.5 Å². The van der Waals surface area contributed by atoms with Crippen LogP contribution in [0.4, 0.5) is 0 Å². The number of nitrogens with one attached hydrogen (secondary N) is 2. The number of nitrogens with zero attached hydrogens (tertiary/aromatic N) is 2. The number of carbonyl (C=O) groups is 1. The van der Waals surface area contributed by atoms with Crippen LogP contribution < -0.4 is 5.32 Å². The molecule has 0 saturated heterocycles. The number of hydrogen-bond acceptors (Lipinski definition) is 3. The summed E-state index contributed by atoms with van der Waals surface area (Å²) < 4.78 is 0. The van der Waals surface area contributed by atoms with Crippen molar-refractivity contribution in [1.82, 2.24) is 20.5 Å². The van der Waals surface area contributed by atoms with Crippen LogP contribution >= 0.6 is 0 Å². The van der Waals surface area contributed by atoms with E-state index in [1.54, 1.807) is 0 Å². The van der Waals surface area contributed by atoms with Crippen LogP contribution in [0, 0.1) is 5.41 Å². The lowest BCUT2D eigenvalue weighted by molar-refractivity contribution is 0.0933. The molecule has 1 saturated carbocycles. The lowest BCUT2D eigenvalue weighted by Crippen LogP contribution is -2.31. The molecule has 2 N–H and O–H groups in total. The Bertz CT molecular complexity index is 420. The first kappa shape index (κ1) is 13.1. The van der Waals surface area contributed by atoms with Gasteiger partial charge in [0.2, 0.25) is 5.82 Å². The van der Waals surface area contributed by atoms with E-state index in [9.17, 15) is 4.79 Å². The zero-order valence-corrected chi connectivity index (χ0v) is 11.4. The summed E-state index contributed by atoms with van der Waals surface area (Å²) in [6.45, 7) is 6.97. The summed E-state index contributed by atoms with van der Waals surface area (Å²) in [5.74, 6) is 1.11. The van der Waals surface area contributed by atoms with Gasteiger partial charge in [0.05, 0.1) is 0 Å². The van der Waals surface area contributed by atoms with Crippen LogP contribution in [0.3, 0.4) is 0 Å². The summed E-state index contributed by atoms with van der Waals surface area (Å²) >= 11 is 0. The number of aromatic nitrogens is 3. The Kier molecular flexibility index (Phi) is 3.68. The Morgan fingerprint density at radius 1 is 1.50 bits per heavy atom. The first-order valence-electron chi connectivity index (χ1n) is 6.77. The molecule has 1 aromatic rings. The molecule has 0 aromatic carbocycles. The van der Waals surface area contributed by atoms with E-state index in [4.69, 9.17) is 0 Å². The van der Waals surface area contributed by atoms with Crippen molar-refractivity contribution in [3.05, 3.63) is 11.6 Å². The molecular weight excluding hydrogens is 228 g/mol. The van der Waals surface area contributed by atoms with Gasteiger partial charge in [-0.1, -0.05) is 27.2 Å². The lowest BCUT2D eigenvalue weighted by atomic mass is 10.0. The zero-order chi connectivity index (χ0) is 13.2. The Morgan fingerprint density at radius 2 is 2.22 bits per heavy atom. The standard InChI is InChI=1S/C13H22N4O/c1-4-5-13(6-7-13)8-14-12(18)11-15-10(9(2)3)16-17-11/h9H,4-8H2,1-3H3,(H,14,18)(H,15,16,17). The van der Waals surface area contributed by atoms with Gasteiger partial charge in [-0.25, -0.2) is 4.98 Å². The molecule has 1 aliphatic rings. The van der Waals surface area contributed by atoms with Gasteiger partial charge in [-0.05, 0) is 24.7 Å². The molecule has 0 radical (unpaired) electrons. The third kappa shape index (κ3) is 2.89. The van der Waals surface area contributed by atoms with E-state index in [1.807, 2.05) is 13.8 Å². The second-order valence-electron chi connectivity index (χ2n) is 5.63. The van der Waals surface area contributed by atoms with Gasteiger partial charge in [0.15, 0.2) is 0 Å². The van der Waals surface area contributed by atoms with E-state index in [1.165, 1.54) is 25.7 Å². The fourth-order valence-corrected chi connectivity index (χ4v) is 2.20. The predicted molar refractivity (Wildman–Crippen MR) is 69.4 cm³/mol. The van der Waals surface area contributed by atoms with Crippen LogP contribution in [0.25, 0.3) is 0 Å². The third-order valence-electron chi connectivity index (χ3n) is 3.61. The van der Waals surface area contributed by atoms with Crippen LogP contribution in [0.2, 0.25) is 0 Å². The Balaban J connectivity index is 1.87. The molecule has 1 fully saturated rings. The smallest absolute Gasteiger partial charge is 0.290 e. The average molecular weight is 250 g/mol. The number of amides is 1. The SMILES string of the molecule is CCCC1(CNC(=O)c2n[nH]c(C(C)C)n2)CC1. The van der Waals surface area contributed by atoms with Crippen molar-refractivity contribution in [3.63, 3.8) is 0 Å². The number of aromatic amines is 1. The maximum absolute atomic E-state index is 11.9. The maximum atomic E-state index is 11.9. The van der Waals surface area contributed by atoms with E-state index in [2.05, 4.69) is 27.4 Å². The average Bonchev–Trinajstić information content (AvgIpc) is 2.92. The molecule has 18 heavy (non-hydrogen) atoms. The molecule has 0 bridgehead atoms. The number of carbonyl (C=O) groups excluding carboxylic acids is 1. The largest absolute Gasteiger partial charge is 0.349 e. The van der Waals surface area contributed by atoms with Crippen LogP contribution in [0.5, 0.6) is 0 Å². The summed E-state index contributed by atoms with van der Waals surface area (Å²) in [5, 5.41) is 9.71. The van der Waals surface area contributed by atoms with Gasteiger partial charge in [-0.3, -0.25) is 9.89 Å². The van der Waals surface area contributed by atoms with E-state index < -0.39 is 0 Å². The number of hydrogen-bond donors (Lipinski definition) is 2. The van der Waals surface area contributed by atoms with Crippen molar-refractivity contribution < 1.29 is 4.79 Å². The molecule has 2 rings (SSSR count). The topological polar surface area (TPSA) is 70.7 Å². The van der Waals surface area contributed by atoms with E-state index in [0.717, 1.165) is 12.4 Å². The monoisotopic (exact) mass is 250 g/mol. The van der Waals surface area contributed by atoms with Crippen LogP contribution in [-0.2, 0) is 0 Å². The minimum Gasteiger partial charge on any atom is -0.349 e. The fraction of sp³-hybridized carbons (Fsp3) is 0.769. The molecule has 1 amide bonds. The second kappa shape index (κ2) is 5.08. The van der Waals surface area contributed by atoms with Crippen molar-refractivity contribution in [3.8, 4) is 0 Å². The minimum atomic E-state index is -0.166. The van der Waals surface area contributed by atoms with Gasteiger partial charge >= 0.3 is 0 Å². The number of rotatable bonds is 6. The molecule has 100 valence electrons. The summed E-state index contributed by atoms with van der Waals surface area (Å²) in [6.07, 6.45) is 4.82. The van der Waals surface area contributed by atoms with Gasteiger partial charge in [-0.15, -0.1) is 5.10 Å². The highest BCUT2D eigenvalue weighted by Gasteiger charge is 2.41. The van der Waals surface area contributed by atoms with Gasteiger partial charge < -0.3 is 5.32 Å². The van der Waals surface area contributed by atoms with Crippen molar-refractivity contribution >= 4 is 5.91 Å². The Hall–Kier alpha value is -1.39. The molecular formula is C13H22N4O. The lowest BCUT2D eigenvalue weighted by Gasteiger charge is -2.13. The minimum absolute atomic E-state index is 0.166. The van der Waals surface area contributed by atoms with Crippen LogP contribution in [0.15, 0.2) is 0 Å². The van der Waals surface area contributed by atoms with Gasteiger partial charge in [0.25, 0.3) is 5.91 Å². The van der Waals surface area contributed by atoms with E-state index in [-0.39, 0.29) is 17.6 Å². The normalized spacial score (nSPS) is 16.9. The zero-order valence-electron chi connectivity index (χ0n) is 11.4. The molecule has 5 nitrogen and oxygen atoms in total. The first-order valence-corrected chi connectivity index (χ1v) is 6.77. The van der Waals surface area contributed by atoms with Crippen molar-refractivity contribution in [2.45, 2.75) is 52.4 Å². The fourth-order valence-electron chi connectivity index (χ4n) is 2.20. The van der Waals surface area contributed by atoms with Crippen LogP contribution in [0.1, 0.15) is 68.8 Å². The predicted octanol–water partition coefficient (Wildman–Crippen LogP) is 2.24. The molecule has 0 spiro atoms. The first-order chi connectivity index (χ1) is 8.56. The van der Waals surface area contributed by atoms with Gasteiger partial charge in [-0.2, -0.15) is 0 Å². The van der Waals surface area contributed by atoms with E-state index in [0.29, 0.717) is 5.41 Å². The highest BCUT2D eigenvalue weighted by molar-refractivity contribution is 5.90. The highest BCUT2D eigenvalue weighted by atomic mass is 16.2. The maximum Gasteiger partial charge on any atom is 0.290 e. The Labute approximate surface area is 108 Å². The molecule has 0 aliphatic heterocycles. The summed E-state index contributed by atoms with van der Waals surface area (Å²) in [6, 6.07) is 0. The van der Waals surface area contributed by atoms with Crippen molar-refractivity contribution in [1.29, 1.82) is 0 Å². The van der Waals surface area contributed by atoms with Gasteiger partial charge in [0.1, 0.15) is 5.82 Å². The summed E-state index contributed by atoms with van der Waals surface area (Å²) in [7, 11) is 0. The summed E-state index contributed by atoms with van der Waals surface area (Å²) in [5.41, 5.74) is 0.363. The molecule has 5 heteroatoms. The quantitative estimate of drug-likeness (QED) is 0.813. The summed E-state index contributed by atoms with van der Waals surface area (Å²) in [4.78, 5) is 16.1. The highest BCUT2D eigenvalue weighted by Crippen LogP contribution is 2.48. The second-order valence-corrected chi connectivity index (χ2v) is 5.63.